The van der Waals surface area contributed by atoms with E-state index in [0.717, 1.165) is 23.1 Å². The zero-order chi connectivity index (χ0) is 16.0. The number of nitrogens with zero attached hydrogens (tertiary/aromatic N) is 1. The maximum absolute atomic E-state index is 11.9. The highest BCUT2D eigenvalue weighted by atomic mass is 32.2. The van der Waals surface area contributed by atoms with Crippen LogP contribution in [0.5, 0.6) is 0 Å². The third-order valence-corrected chi connectivity index (χ3v) is 4.17. The van der Waals surface area contributed by atoms with E-state index in [4.69, 9.17) is 0 Å². The summed E-state index contributed by atoms with van der Waals surface area (Å²) in [6.07, 6.45) is 2.73. The lowest BCUT2D eigenvalue weighted by Crippen LogP contribution is -2.33. The van der Waals surface area contributed by atoms with E-state index in [0.29, 0.717) is 0 Å². The average molecular weight is 310 g/mol. The molecular weight excluding hydrogens is 288 g/mol. The lowest BCUT2D eigenvalue weighted by Gasteiger charge is -2.17. The van der Waals surface area contributed by atoms with Crippen LogP contribution in [0.3, 0.4) is 0 Å². The first kappa shape index (κ1) is 17.4. The van der Waals surface area contributed by atoms with E-state index in [-0.39, 0.29) is 25.4 Å². The van der Waals surface area contributed by atoms with Crippen LogP contribution < -0.4 is 5.32 Å². The first-order chi connectivity index (χ1) is 9.72. The lowest BCUT2D eigenvalue weighted by atomic mass is 10.1. The van der Waals surface area contributed by atoms with Gasteiger partial charge in [0.2, 0.25) is 15.9 Å². The van der Waals surface area contributed by atoms with Crippen LogP contribution in [0, 0.1) is 13.8 Å². The molecule has 1 rings (SSSR count). The van der Waals surface area contributed by atoms with Gasteiger partial charge in [0.05, 0.1) is 6.26 Å². The monoisotopic (exact) mass is 310 g/mol. The van der Waals surface area contributed by atoms with Gasteiger partial charge in [0.25, 0.3) is 0 Å². The topological polar surface area (TPSA) is 66.5 Å². The van der Waals surface area contributed by atoms with E-state index in [1.165, 1.54) is 10.4 Å². The van der Waals surface area contributed by atoms with Crippen LogP contribution in [0.15, 0.2) is 30.9 Å². The third kappa shape index (κ3) is 6.10. The number of nitrogens with one attached hydrogen (secondary N) is 1. The fourth-order valence-electron chi connectivity index (χ4n) is 2.03. The number of rotatable bonds is 7. The quantitative estimate of drug-likeness (QED) is 0.784. The van der Waals surface area contributed by atoms with Crippen molar-refractivity contribution < 1.29 is 13.2 Å². The summed E-state index contributed by atoms with van der Waals surface area (Å²) in [6, 6.07) is 5.77. The van der Waals surface area contributed by atoms with Crippen LogP contribution in [0.1, 0.15) is 17.5 Å². The van der Waals surface area contributed by atoms with Crippen LogP contribution in [-0.2, 0) is 14.8 Å². The zero-order valence-corrected chi connectivity index (χ0v) is 13.5. The second-order valence-corrected chi connectivity index (χ2v) is 7.07. The molecule has 5 nitrogen and oxygen atoms in total. The predicted molar refractivity (Wildman–Crippen MR) is 85.8 cm³/mol. The lowest BCUT2D eigenvalue weighted by molar-refractivity contribution is -0.116. The summed E-state index contributed by atoms with van der Waals surface area (Å²) in [5.41, 5.74) is 2.86. The van der Waals surface area contributed by atoms with E-state index in [1.54, 1.807) is 0 Å². The smallest absolute Gasteiger partial charge is 0.225 e. The Balaban J connectivity index is 2.63. The molecule has 0 fully saturated rings. The predicted octanol–water partition coefficient (Wildman–Crippen LogP) is 2.08. The van der Waals surface area contributed by atoms with Crippen LogP contribution >= 0.6 is 0 Å². The van der Waals surface area contributed by atoms with Gasteiger partial charge in [-0.3, -0.25) is 4.79 Å². The first-order valence-electron chi connectivity index (χ1n) is 6.66. The molecule has 0 aromatic heterocycles. The second-order valence-electron chi connectivity index (χ2n) is 5.08. The number of benzene rings is 1. The van der Waals surface area contributed by atoms with Gasteiger partial charge in [-0.25, -0.2) is 8.42 Å². The molecule has 0 unspecified atom stereocenters. The number of hydrogen-bond acceptors (Lipinski definition) is 3. The Morgan fingerprint density at radius 3 is 2.33 bits per heavy atom. The first-order valence-corrected chi connectivity index (χ1v) is 8.51. The maximum atomic E-state index is 11.9. The molecule has 0 spiro atoms. The summed E-state index contributed by atoms with van der Waals surface area (Å²) in [7, 11) is -3.33. The minimum absolute atomic E-state index is 0.105. The molecule has 0 aliphatic rings. The normalized spacial score (nSPS) is 11.4. The molecule has 21 heavy (non-hydrogen) atoms. The van der Waals surface area contributed by atoms with Crippen molar-refractivity contribution in [3.8, 4) is 0 Å². The molecule has 6 heteroatoms. The van der Waals surface area contributed by atoms with Gasteiger partial charge in [-0.2, -0.15) is 4.31 Å². The Morgan fingerprint density at radius 1 is 1.29 bits per heavy atom. The summed E-state index contributed by atoms with van der Waals surface area (Å²) in [5, 5.41) is 2.79. The van der Waals surface area contributed by atoms with Crippen molar-refractivity contribution in [1.29, 1.82) is 0 Å². The van der Waals surface area contributed by atoms with Crippen LogP contribution in [-0.4, -0.2) is 38.0 Å². The number of aryl methyl sites for hydroxylation is 2. The average Bonchev–Trinajstić information content (AvgIpc) is 2.31. The number of anilines is 1. The van der Waals surface area contributed by atoms with Gasteiger partial charge in [0.1, 0.15) is 0 Å². The second kappa shape index (κ2) is 7.38. The van der Waals surface area contributed by atoms with Crippen molar-refractivity contribution in [2.45, 2.75) is 20.3 Å². The van der Waals surface area contributed by atoms with Gasteiger partial charge < -0.3 is 5.32 Å². The summed E-state index contributed by atoms with van der Waals surface area (Å²) >= 11 is 0. The Bertz CT molecular complexity index is 604. The number of carbonyl (C=O) groups excluding carboxylic acids is 1. The van der Waals surface area contributed by atoms with Gasteiger partial charge in [0.15, 0.2) is 0 Å². The molecule has 0 aliphatic heterocycles. The third-order valence-electron chi connectivity index (χ3n) is 2.90. The zero-order valence-electron chi connectivity index (χ0n) is 12.7. The fraction of sp³-hybridized carbons (Fsp3) is 0.400. The largest absolute Gasteiger partial charge is 0.326 e. The van der Waals surface area contributed by atoms with E-state index >= 15 is 0 Å². The van der Waals surface area contributed by atoms with Gasteiger partial charge >= 0.3 is 0 Å². The standard InChI is InChI=1S/C15H22N2O3S/c1-5-7-17(21(4,19)20)8-6-15(18)16-14-10-12(2)9-13(3)11-14/h5,9-11H,1,6-8H2,2-4H3,(H,16,18). The summed E-state index contributed by atoms with van der Waals surface area (Å²) in [4.78, 5) is 11.9. The molecule has 0 saturated carbocycles. The van der Waals surface area contributed by atoms with E-state index in [2.05, 4.69) is 11.9 Å². The molecular formula is C15H22N2O3S. The maximum Gasteiger partial charge on any atom is 0.225 e. The van der Waals surface area contributed by atoms with Crippen LogP contribution in [0.4, 0.5) is 5.69 Å². The van der Waals surface area contributed by atoms with Gasteiger partial charge in [-0.1, -0.05) is 12.1 Å². The highest BCUT2D eigenvalue weighted by Gasteiger charge is 2.16. The van der Waals surface area contributed by atoms with Gasteiger partial charge in [-0.05, 0) is 37.1 Å². The summed E-state index contributed by atoms with van der Waals surface area (Å²) < 4.78 is 24.3. The molecule has 1 N–H and O–H groups in total. The number of sulfonamides is 1. The van der Waals surface area contributed by atoms with E-state index in [1.807, 2.05) is 32.0 Å². The van der Waals surface area contributed by atoms with Crippen molar-refractivity contribution in [3.63, 3.8) is 0 Å². The minimum atomic E-state index is -3.33. The molecule has 1 aromatic carbocycles. The fourth-order valence-corrected chi connectivity index (χ4v) is 2.83. The molecule has 0 radical (unpaired) electrons. The van der Waals surface area contributed by atoms with Crippen molar-refractivity contribution in [1.82, 2.24) is 4.31 Å². The molecule has 0 heterocycles. The summed E-state index contributed by atoms with van der Waals surface area (Å²) in [5.74, 6) is -0.210. The molecule has 0 saturated heterocycles. The van der Waals surface area contributed by atoms with Crippen LogP contribution in [0.2, 0.25) is 0 Å². The Morgan fingerprint density at radius 2 is 1.86 bits per heavy atom. The molecule has 1 aromatic rings. The van der Waals surface area contributed by atoms with Gasteiger partial charge in [-0.15, -0.1) is 6.58 Å². The number of carbonyl (C=O) groups is 1. The molecule has 0 aliphatic carbocycles. The SMILES string of the molecule is C=CCN(CCC(=O)Nc1cc(C)cc(C)c1)S(C)(=O)=O. The Hall–Kier alpha value is -1.66. The molecule has 116 valence electrons. The Kier molecular flexibility index (Phi) is 6.11. The minimum Gasteiger partial charge on any atom is -0.326 e. The van der Waals surface area contributed by atoms with Crippen molar-refractivity contribution in [2.24, 2.45) is 0 Å². The Labute approximate surface area is 126 Å². The molecule has 1 amide bonds. The number of amides is 1. The molecule has 0 atom stereocenters. The van der Waals surface area contributed by atoms with E-state index in [9.17, 15) is 13.2 Å². The van der Waals surface area contributed by atoms with Crippen LogP contribution in [0.25, 0.3) is 0 Å². The number of hydrogen-bond donors (Lipinski definition) is 1. The van der Waals surface area contributed by atoms with Crippen molar-refractivity contribution in [3.05, 3.63) is 42.0 Å². The highest BCUT2D eigenvalue weighted by Crippen LogP contribution is 2.14. The highest BCUT2D eigenvalue weighted by molar-refractivity contribution is 7.88. The molecule has 0 bridgehead atoms. The van der Waals surface area contributed by atoms with Crippen molar-refractivity contribution >= 4 is 21.6 Å². The van der Waals surface area contributed by atoms with Crippen molar-refractivity contribution in [2.75, 3.05) is 24.7 Å². The van der Waals surface area contributed by atoms with Gasteiger partial charge in [0, 0.05) is 25.2 Å². The van der Waals surface area contributed by atoms with E-state index < -0.39 is 10.0 Å². The summed E-state index contributed by atoms with van der Waals surface area (Å²) in [6.45, 7) is 7.78.